The van der Waals surface area contributed by atoms with Crippen LogP contribution in [0.4, 0.5) is 0 Å². The van der Waals surface area contributed by atoms with Crippen LogP contribution in [0.5, 0.6) is 0 Å². The Morgan fingerprint density at radius 1 is 0.857 bits per heavy atom. The van der Waals surface area contributed by atoms with E-state index in [0.717, 1.165) is 0 Å². The minimum Gasteiger partial charge on any atom is -0.100 e. The molecule has 0 aromatic heterocycles. The summed E-state index contributed by atoms with van der Waals surface area (Å²) in [5.74, 6) is 0. The van der Waals surface area contributed by atoms with Crippen LogP contribution in [0.3, 0.4) is 0 Å². The summed E-state index contributed by atoms with van der Waals surface area (Å²) < 4.78 is 0. The summed E-state index contributed by atoms with van der Waals surface area (Å²) >= 11 is 0. The average molecular weight is 204 g/mol. The molecule has 0 saturated carbocycles. The predicted octanol–water partition coefficient (Wildman–Crippen LogP) is 6.47. The van der Waals surface area contributed by atoms with E-state index in [1.54, 1.807) is 0 Å². The summed E-state index contributed by atoms with van der Waals surface area (Å²) in [7, 11) is 0. The van der Waals surface area contributed by atoms with Crippen LogP contribution >= 0.6 is 0 Å². The number of unbranched alkanes of at least 4 members (excludes halogenated alkanes) is 1. The largest absolute Gasteiger partial charge is 0.100 e. The summed E-state index contributed by atoms with van der Waals surface area (Å²) in [5.41, 5.74) is 1.17. The third-order valence-electron chi connectivity index (χ3n) is 0.500. The second kappa shape index (κ2) is 53.3. The first-order valence-electron chi connectivity index (χ1n) is 5.68. The van der Waals surface area contributed by atoms with Crippen LogP contribution in [0, 0.1) is 0 Å². The summed E-state index contributed by atoms with van der Waals surface area (Å²) in [6, 6.07) is 0. The van der Waals surface area contributed by atoms with Crippen LogP contribution in [0.1, 0.15) is 82.1 Å². The van der Waals surface area contributed by atoms with Gasteiger partial charge in [-0.1, -0.05) is 73.8 Å². The van der Waals surface area contributed by atoms with Gasteiger partial charge in [-0.25, -0.2) is 0 Å². The molecule has 0 aliphatic rings. The molecule has 0 atom stereocenters. The van der Waals surface area contributed by atoms with Gasteiger partial charge in [-0.05, 0) is 13.8 Å². The summed E-state index contributed by atoms with van der Waals surface area (Å²) in [4.78, 5) is 0. The molecule has 0 heteroatoms. The Morgan fingerprint density at radius 3 is 0.929 bits per heavy atom. The molecule has 0 rings (SSSR count). The Kier molecular flexibility index (Phi) is 111. The molecule has 0 unspecified atom stereocenters. The molecule has 0 aliphatic heterocycles. The first kappa shape index (κ1) is 29.2. The van der Waals surface area contributed by atoms with Crippen molar-refractivity contribution < 1.29 is 0 Å². The van der Waals surface area contributed by atoms with E-state index in [1.165, 1.54) is 24.8 Å². The fourth-order valence-electron chi connectivity index (χ4n) is 0. The van der Waals surface area contributed by atoms with Crippen LogP contribution in [0.2, 0.25) is 0 Å². The second-order valence-electron chi connectivity index (χ2n) is 2.91. The maximum absolute atomic E-state index is 3.56. The lowest BCUT2D eigenvalue weighted by atomic mass is 10.4. The molecule has 92 valence electrons. The number of hydrogen-bond donors (Lipinski definition) is 0. The van der Waals surface area contributed by atoms with E-state index >= 15 is 0 Å². The van der Waals surface area contributed by atoms with Crippen molar-refractivity contribution in [2.24, 2.45) is 0 Å². The van der Waals surface area contributed by atoms with Gasteiger partial charge in [0.1, 0.15) is 0 Å². The topological polar surface area (TPSA) is 0 Å². The lowest BCUT2D eigenvalue weighted by molar-refractivity contribution is 0.886. The Labute approximate surface area is 94.8 Å². The highest BCUT2D eigenvalue weighted by Crippen LogP contribution is 1.76. The van der Waals surface area contributed by atoms with Crippen LogP contribution in [-0.2, 0) is 0 Å². The molecule has 0 fully saturated rings. The van der Waals surface area contributed by atoms with Gasteiger partial charge in [0.15, 0.2) is 0 Å². The zero-order valence-corrected chi connectivity index (χ0v) is 11.3. The van der Waals surface area contributed by atoms with Gasteiger partial charge in [0, 0.05) is 0 Å². The lowest BCUT2D eigenvalue weighted by Crippen LogP contribution is -1.47. The highest BCUT2D eigenvalue weighted by Gasteiger charge is 1.56. The molecular weight excluding hydrogens is 168 g/mol. The van der Waals surface area contributed by atoms with Crippen LogP contribution in [-0.4, -0.2) is 0 Å². The molecule has 0 aromatic rings. The number of allylic oxidation sites excluding steroid dienone is 1. The number of rotatable bonds is 1. The van der Waals surface area contributed by atoms with E-state index in [-0.39, 0.29) is 7.43 Å². The average Bonchev–Trinajstić information content (AvgIpc) is 2.08. The summed E-state index contributed by atoms with van der Waals surface area (Å²) in [6.45, 7) is 20.1. The van der Waals surface area contributed by atoms with E-state index in [2.05, 4.69) is 34.3 Å². The molecule has 0 N–H and O–H groups in total. The first-order chi connectivity index (χ1) is 6.06. The van der Waals surface area contributed by atoms with Crippen LogP contribution < -0.4 is 0 Å². The van der Waals surface area contributed by atoms with E-state index in [0.29, 0.717) is 0 Å². The van der Waals surface area contributed by atoms with Crippen molar-refractivity contribution in [1.82, 2.24) is 0 Å². The monoisotopic (exact) mass is 204 g/mol. The molecule has 0 aliphatic carbocycles. The molecule has 0 spiro atoms. The standard InChI is InChI=1S/C4H8.C4H10.C3H8.C2H6.CH4/c1-4(2)3;1-3-4-2;1-3-2;1-2;/h1H2,2-3H3;3-4H2,1-2H3;3H2,1-2H3;1-2H3;1H4. The van der Waals surface area contributed by atoms with Crippen LogP contribution in [0.25, 0.3) is 0 Å². The Morgan fingerprint density at radius 2 is 0.929 bits per heavy atom. The molecule has 0 nitrogen and oxygen atoms in total. The minimum absolute atomic E-state index is 0. The maximum Gasteiger partial charge on any atom is -0.0445 e. The van der Waals surface area contributed by atoms with Crippen molar-refractivity contribution in [3.05, 3.63) is 12.2 Å². The third-order valence-corrected chi connectivity index (χ3v) is 0.500. The highest BCUT2D eigenvalue weighted by atomic mass is 13.6. The van der Waals surface area contributed by atoms with Gasteiger partial charge in [0.2, 0.25) is 0 Å². The van der Waals surface area contributed by atoms with Gasteiger partial charge < -0.3 is 0 Å². The lowest BCUT2D eigenvalue weighted by Gasteiger charge is -1.68. The van der Waals surface area contributed by atoms with E-state index in [4.69, 9.17) is 0 Å². The van der Waals surface area contributed by atoms with Gasteiger partial charge in [0.25, 0.3) is 0 Å². The predicted molar refractivity (Wildman–Crippen MR) is 75.1 cm³/mol. The van der Waals surface area contributed by atoms with E-state index in [9.17, 15) is 0 Å². The van der Waals surface area contributed by atoms with Crippen molar-refractivity contribution in [1.29, 1.82) is 0 Å². The highest BCUT2D eigenvalue weighted by molar-refractivity contribution is 4.78. The van der Waals surface area contributed by atoms with Crippen molar-refractivity contribution in [2.45, 2.75) is 82.1 Å². The second-order valence-corrected chi connectivity index (χ2v) is 2.91. The Bertz CT molecular complexity index is 47.1. The molecule has 0 saturated heterocycles. The molecule has 0 aromatic carbocycles. The summed E-state index contributed by atoms with van der Waals surface area (Å²) in [5, 5.41) is 0. The quantitative estimate of drug-likeness (QED) is 0.429. The van der Waals surface area contributed by atoms with Crippen molar-refractivity contribution in [2.75, 3.05) is 0 Å². The fourth-order valence-corrected chi connectivity index (χ4v) is 0. The van der Waals surface area contributed by atoms with E-state index in [1.807, 2.05) is 27.7 Å². The van der Waals surface area contributed by atoms with E-state index < -0.39 is 0 Å². The molecule has 0 bridgehead atoms. The normalized spacial score (nSPS) is 5.71. The zero-order valence-electron chi connectivity index (χ0n) is 11.3. The molecule has 14 heavy (non-hydrogen) atoms. The molecular formula is C14H36. The van der Waals surface area contributed by atoms with Gasteiger partial charge in [-0.3, -0.25) is 0 Å². The Balaban J connectivity index is -0.0000000260. The van der Waals surface area contributed by atoms with Gasteiger partial charge in [-0.15, -0.1) is 6.58 Å². The zero-order chi connectivity index (χ0) is 11.7. The number of hydrogen-bond acceptors (Lipinski definition) is 0. The van der Waals surface area contributed by atoms with Crippen molar-refractivity contribution in [3.63, 3.8) is 0 Å². The van der Waals surface area contributed by atoms with Crippen molar-refractivity contribution >= 4 is 0 Å². The Hall–Kier alpha value is -0.260. The van der Waals surface area contributed by atoms with Gasteiger partial charge in [-0.2, -0.15) is 0 Å². The molecule has 0 heterocycles. The van der Waals surface area contributed by atoms with Gasteiger partial charge in [0.05, 0.1) is 0 Å². The molecule has 0 radical (unpaired) electrons. The first-order valence-corrected chi connectivity index (χ1v) is 5.68. The smallest absolute Gasteiger partial charge is 0.0445 e. The van der Waals surface area contributed by atoms with Gasteiger partial charge >= 0.3 is 0 Å². The fraction of sp³-hybridized carbons (Fsp3) is 0.857. The molecule has 0 amide bonds. The summed E-state index contributed by atoms with van der Waals surface area (Å²) in [6.07, 6.45) is 3.89. The third kappa shape index (κ3) is 2470. The van der Waals surface area contributed by atoms with Crippen molar-refractivity contribution in [3.8, 4) is 0 Å². The SMILES string of the molecule is C.C=C(C)C.CC.CCC.CCCC. The minimum atomic E-state index is 0. The van der Waals surface area contributed by atoms with Crippen LogP contribution in [0.15, 0.2) is 12.2 Å². The maximum atomic E-state index is 3.56.